The SMILES string of the molecule is CCOC(=O)c1ccc(NC(CNS(=O)(=O)c2ccc(Cl)cc2)c2ccccc2)cc1. The van der Waals surface area contributed by atoms with Gasteiger partial charge in [-0.2, -0.15) is 0 Å². The molecule has 0 saturated carbocycles. The Hall–Kier alpha value is -2.87. The summed E-state index contributed by atoms with van der Waals surface area (Å²) in [7, 11) is -3.71. The van der Waals surface area contributed by atoms with Gasteiger partial charge in [-0.3, -0.25) is 0 Å². The number of hydrogen-bond donors (Lipinski definition) is 2. The lowest BCUT2D eigenvalue weighted by atomic mass is 10.1. The number of sulfonamides is 1. The van der Waals surface area contributed by atoms with Crippen molar-refractivity contribution in [2.24, 2.45) is 0 Å². The normalized spacial score (nSPS) is 12.2. The molecule has 162 valence electrons. The molecule has 0 aliphatic heterocycles. The molecule has 6 nitrogen and oxygen atoms in total. The van der Waals surface area contributed by atoms with Gasteiger partial charge in [-0.15, -0.1) is 0 Å². The van der Waals surface area contributed by atoms with Crippen LogP contribution in [0, 0.1) is 0 Å². The van der Waals surface area contributed by atoms with Crippen molar-refractivity contribution < 1.29 is 17.9 Å². The Kier molecular flexibility index (Phi) is 7.68. The van der Waals surface area contributed by atoms with Crippen LogP contribution in [0.4, 0.5) is 5.69 Å². The average Bonchev–Trinajstić information content (AvgIpc) is 2.78. The summed E-state index contributed by atoms with van der Waals surface area (Å²) in [4.78, 5) is 12.0. The number of halogens is 1. The Morgan fingerprint density at radius 1 is 0.968 bits per heavy atom. The zero-order valence-electron chi connectivity index (χ0n) is 16.9. The Labute approximate surface area is 187 Å². The predicted octanol–water partition coefficient (Wildman–Crippen LogP) is 4.65. The van der Waals surface area contributed by atoms with Gasteiger partial charge in [0, 0.05) is 17.3 Å². The van der Waals surface area contributed by atoms with Gasteiger partial charge < -0.3 is 10.1 Å². The van der Waals surface area contributed by atoms with Crippen LogP contribution in [0.3, 0.4) is 0 Å². The van der Waals surface area contributed by atoms with E-state index in [0.29, 0.717) is 17.2 Å². The van der Waals surface area contributed by atoms with Crippen molar-refractivity contribution in [2.75, 3.05) is 18.5 Å². The lowest BCUT2D eigenvalue weighted by Gasteiger charge is -2.21. The van der Waals surface area contributed by atoms with E-state index in [1.807, 2.05) is 30.3 Å². The van der Waals surface area contributed by atoms with Crippen LogP contribution in [0.2, 0.25) is 5.02 Å². The Morgan fingerprint density at radius 2 is 1.61 bits per heavy atom. The fraction of sp³-hybridized carbons (Fsp3) is 0.174. The molecule has 3 rings (SSSR count). The van der Waals surface area contributed by atoms with Crippen LogP contribution in [-0.2, 0) is 14.8 Å². The first-order valence-corrected chi connectivity index (χ1v) is 11.6. The van der Waals surface area contributed by atoms with E-state index >= 15 is 0 Å². The first kappa shape index (κ1) is 22.8. The topological polar surface area (TPSA) is 84.5 Å². The largest absolute Gasteiger partial charge is 0.462 e. The molecule has 8 heteroatoms. The van der Waals surface area contributed by atoms with Crippen molar-refractivity contribution in [1.82, 2.24) is 4.72 Å². The lowest BCUT2D eigenvalue weighted by molar-refractivity contribution is 0.0526. The monoisotopic (exact) mass is 458 g/mol. The minimum Gasteiger partial charge on any atom is -0.462 e. The van der Waals surface area contributed by atoms with E-state index in [1.54, 1.807) is 31.2 Å². The van der Waals surface area contributed by atoms with E-state index in [2.05, 4.69) is 10.0 Å². The molecule has 0 aliphatic rings. The summed E-state index contributed by atoms with van der Waals surface area (Å²) in [5, 5.41) is 3.79. The lowest BCUT2D eigenvalue weighted by Crippen LogP contribution is -2.31. The van der Waals surface area contributed by atoms with E-state index in [9.17, 15) is 13.2 Å². The first-order valence-electron chi connectivity index (χ1n) is 9.73. The summed E-state index contributed by atoms with van der Waals surface area (Å²) in [5.41, 5.74) is 2.11. The summed E-state index contributed by atoms with van der Waals surface area (Å²) in [5.74, 6) is -0.385. The van der Waals surface area contributed by atoms with Gasteiger partial charge in [0.05, 0.1) is 23.1 Å². The highest BCUT2D eigenvalue weighted by Crippen LogP contribution is 2.21. The number of nitrogens with one attached hydrogen (secondary N) is 2. The average molecular weight is 459 g/mol. The van der Waals surface area contributed by atoms with Crippen molar-refractivity contribution >= 4 is 33.3 Å². The number of benzene rings is 3. The van der Waals surface area contributed by atoms with Crippen molar-refractivity contribution in [3.05, 3.63) is 95.0 Å². The predicted molar refractivity (Wildman–Crippen MR) is 122 cm³/mol. The van der Waals surface area contributed by atoms with Gasteiger partial charge in [-0.1, -0.05) is 41.9 Å². The minimum absolute atomic E-state index is 0.120. The van der Waals surface area contributed by atoms with Crippen molar-refractivity contribution in [2.45, 2.75) is 17.9 Å². The molecule has 2 N–H and O–H groups in total. The Balaban J connectivity index is 1.76. The molecule has 0 amide bonds. The standard InChI is InChI=1S/C23H23ClN2O4S/c1-2-30-23(27)18-8-12-20(13-9-18)26-22(17-6-4-3-5-7-17)16-25-31(28,29)21-14-10-19(24)11-15-21/h3-15,22,25-26H,2,16H2,1H3. The smallest absolute Gasteiger partial charge is 0.338 e. The third kappa shape index (κ3) is 6.30. The van der Waals surface area contributed by atoms with Crippen LogP contribution in [0.25, 0.3) is 0 Å². The number of hydrogen-bond acceptors (Lipinski definition) is 5. The summed E-state index contributed by atoms with van der Waals surface area (Å²) in [6, 6.07) is 22.0. The van der Waals surface area contributed by atoms with E-state index in [4.69, 9.17) is 16.3 Å². The Morgan fingerprint density at radius 3 is 2.23 bits per heavy atom. The van der Waals surface area contributed by atoms with Gasteiger partial charge in [-0.05, 0) is 61.0 Å². The van der Waals surface area contributed by atoms with Crippen molar-refractivity contribution in [3.8, 4) is 0 Å². The van der Waals surface area contributed by atoms with Crippen molar-refractivity contribution in [1.29, 1.82) is 0 Å². The molecule has 3 aromatic carbocycles. The van der Waals surface area contributed by atoms with E-state index < -0.39 is 10.0 Å². The van der Waals surface area contributed by atoms with E-state index in [0.717, 1.165) is 11.3 Å². The molecule has 31 heavy (non-hydrogen) atoms. The van der Waals surface area contributed by atoms with Gasteiger partial charge in [0.15, 0.2) is 0 Å². The van der Waals surface area contributed by atoms with Crippen LogP contribution in [0.1, 0.15) is 28.9 Å². The van der Waals surface area contributed by atoms with Crippen LogP contribution in [0.5, 0.6) is 0 Å². The number of ether oxygens (including phenoxy) is 1. The molecule has 0 bridgehead atoms. The quantitative estimate of drug-likeness (QED) is 0.456. The maximum atomic E-state index is 12.7. The number of anilines is 1. The zero-order valence-corrected chi connectivity index (χ0v) is 18.5. The molecular formula is C23H23ClN2O4S. The molecule has 0 aliphatic carbocycles. The molecular weight excluding hydrogens is 436 g/mol. The minimum atomic E-state index is -3.71. The second-order valence-corrected chi connectivity index (χ2v) is 8.91. The second-order valence-electron chi connectivity index (χ2n) is 6.71. The van der Waals surface area contributed by atoms with Gasteiger partial charge in [-0.25, -0.2) is 17.9 Å². The molecule has 0 spiro atoms. The van der Waals surface area contributed by atoms with Crippen molar-refractivity contribution in [3.63, 3.8) is 0 Å². The summed E-state index contributed by atoms with van der Waals surface area (Å²) in [6.07, 6.45) is 0. The number of carbonyl (C=O) groups is 1. The van der Waals surface area contributed by atoms with Crippen LogP contribution in [0.15, 0.2) is 83.8 Å². The molecule has 0 aromatic heterocycles. The maximum absolute atomic E-state index is 12.7. The van der Waals surface area contributed by atoms with E-state index in [-0.39, 0.29) is 23.5 Å². The number of rotatable bonds is 9. The maximum Gasteiger partial charge on any atom is 0.338 e. The molecule has 0 saturated heterocycles. The summed E-state index contributed by atoms with van der Waals surface area (Å²) in [6.45, 7) is 2.18. The van der Waals surface area contributed by atoms with Crippen LogP contribution < -0.4 is 10.0 Å². The second kappa shape index (κ2) is 10.4. The highest BCUT2D eigenvalue weighted by molar-refractivity contribution is 7.89. The van der Waals surface area contributed by atoms with Gasteiger partial charge in [0.25, 0.3) is 0 Å². The number of carbonyl (C=O) groups excluding carboxylic acids is 1. The molecule has 0 heterocycles. The fourth-order valence-corrected chi connectivity index (χ4v) is 4.12. The van der Waals surface area contributed by atoms with Crippen LogP contribution >= 0.6 is 11.6 Å². The third-order valence-corrected chi connectivity index (χ3v) is 6.23. The molecule has 0 radical (unpaired) electrons. The first-order chi connectivity index (χ1) is 14.9. The van der Waals surface area contributed by atoms with Crippen LogP contribution in [-0.4, -0.2) is 27.5 Å². The molecule has 0 fully saturated rings. The molecule has 1 unspecified atom stereocenters. The third-order valence-electron chi connectivity index (χ3n) is 4.54. The highest BCUT2D eigenvalue weighted by atomic mass is 35.5. The van der Waals surface area contributed by atoms with Gasteiger partial charge in [0.2, 0.25) is 10.0 Å². The fourth-order valence-electron chi connectivity index (χ4n) is 2.95. The van der Waals surface area contributed by atoms with Gasteiger partial charge in [0.1, 0.15) is 0 Å². The summed E-state index contributed by atoms with van der Waals surface area (Å²) >= 11 is 5.85. The summed E-state index contributed by atoms with van der Waals surface area (Å²) < 4.78 is 33.0. The Bertz CT molecular complexity index is 1100. The molecule has 1 atom stereocenters. The molecule has 3 aromatic rings. The van der Waals surface area contributed by atoms with E-state index in [1.165, 1.54) is 24.3 Å². The van der Waals surface area contributed by atoms with Gasteiger partial charge >= 0.3 is 5.97 Å². The number of esters is 1. The zero-order chi connectivity index (χ0) is 22.3. The highest BCUT2D eigenvalue weighted by Gasteiger charge is 2.18.